The van der Waals surface area contributed by atoms with Gasteiger partial charge in [0.1, 0.15) is 0 Å². The van der Waals surface area contributed by atoms with Gasteiger partial charge in [0.25, 0.3) is 5.91 Å². The van der Waals surface area contributed by atoms with Crippen molar-refractivity contribution in [2.24, 2.45) is 5.92 Å². The number of para-hydroxylation sites is 1. The zero-order valence-electron chi connectivity index (χ0n) is 18.8. The molecule has 0 radical (unpaired) electrons. The molecule has 2 aliphatic rings. The lowest BCUT2D eigenvalue weighted by molar-refractivity contribution is -0.121. The Morgan fingerprint density at radius 2 is 1.82 bits per heavy atom. The number of pyridine rings is 1. The second kappa shape index (κ2) is 12.0. The zero-order valence-corrected chi connectivity index (χ0v) is 20.4. The van der Waals surface area contributed by atoms with E-state index in [1.54, 1.807) is 41.4 Å². The van der Waals surface area contributed by atoms with Gasteiger partial charge in [-0.1, -0.05) is 25.0 Å². The summed E-state index contributed by atoms with van der Waals surface area (Å²) >= 11 is 0. The molecule has 1 unspecified atom stereocenters. The number of nitrogens with one attached hydrogen (secondary N) is 1. The first kappa shape index (κ1) is 26.6. The number of anilines is 3. The van der Waals surface area contributed by atoms with Gasteiger partial charge in [0.15, 0.2) is 5.82 Å². The van der Waals surface area contributed by atoms with Crippen LogP contribution in [0.25, 0.3) is 0 Å². The van der Waals surface area contributed by atoms with Crippen molar-refractivity contribution in [2.45, 2.75) is 13.3 Å². The molecule has 0 bridgehead atoms. The number of hydrogen-bond donors (Lipinski definition) is 1. The minimum Gasteiger partial charge on any atom is -0.319 e. The highest BCUT2D eigenvalue weighted by atomic mass is 35.5. The summed E-state index contributed by atoms with van der Waals surface area (Å²) in [5, 5.41) is 2.86. The highest BCUT2D eigenvalue weighted by molar-refractivity contribution is 6.17. The Morgan fingerprint density at radius 1 is 1.09 bits per heavy atom. The third kappa shape index (κ3) is 6.04. The van der Waals surface area contributed by atoms with Gasteiger partial charge in [0.2, 0.25) is 5.91 Å². The second-order valence-corrected chi connectivity index (χ2v) is 8.06. The number of amides is 2. The number of nitrogens with zero attached hydrogens (tertiary/aromatic N) is 4. The van der Waals surface area contributed by atoms with E-state index in [1.807, 2.05) is 13.0 Å². The topological polar surface area (TPSA) is 68.8 Å². The Balaban J connectivity index is 0.00000193. The van der Waals surface area contributed by atoms with Crippen molar-refractivity contribution in [3.05, 3.63) is 48.2 Å². The Bertz CT molecular complexity index is 1040. The molecule has 2 aliphatic heterocycles. The average molecular weight is 490 g/mol. The number of rotatable bonds is 3. The van der Waals surface area contributed by atoms with Gasteiger partial charge in [-0.2, -0.15) is 0 Å². The number of piperazine rings is 1. The van der Waals surface area contributed by atoms with E-state index in [1.165, 1.54) is 0 Å². The molecule has 1 atom stereocenters. The van der Waals surface area contributed by atoms with Gasteiger partial charge in [-0.05, 0) is 31.3 Å². The highest BCUT2D eigenvalue weighted by Crippen LogP contribution is 2.37. The lowest BCUT2D eigenvalue weighted by Crippen LogP contribution is -2.44. The first-order valence-corrected chi connectivity index (χ1v) is 10.6. The molecular formula is C24H29Cl2N5O2. The van der Waals surface area contributed by atoms with Crippen LogP contribution in [0.4, 0.5) is 17.2 Å². The standard InChI is InChI=1S/C24H27N5O2.2ClH/c1-18(8-5-6-13-28-16-14-27(2)15-17-28)24(31)29-21-11-4-3-9-19(21)23(30)26-20-10-7-12-25-22(20)29;;/h3-4,7,9-12,18H,8,13-17H2,1-2H3,(H,26,30);2*1H. The van der Waals surface area contributed by atoms with Crippen molar-refractivity contribution >= 4 is 53.8 Å². The average Bonchev–Trinajstić information content (AvgIpc) is 2.91. The van der Waals surface area contributed by atoms with Gasteiger partial charge < -0.3 is 10.2 Å². The minimum atomic E-state index is -0.337. The van der Waals surface area contributed by atoms with Gasteiger partial charge in [0, 0.05) is 44.7 Å². The largest absolute Gasteiger partial charge is 0.319 e. The molecular weight excluding hydrogens is 461 g/mol. The summed E-state index contributed by atoms with van der Waals surface area (Å²) in [4.78, 5) is 36.8. The van der Waals surface area contributed by atoms with E-state index in [0.717, 1.165) is 32.7 Å². The summed E-state index contributed by atoms with van der Waals surface area (Å²) in [5.74, 6) is 6.12. The Hall–Kier alpha value is -2.63. The summed E-state index contributed by atoms with van der Waals surface area (Å²) < 4.78 is 0. The van der Waals surface area contributed by atoms with E-state index < -0.39 is 0 Å². The quantitative estimate of drug-likeness (QED) is 0.668. The van der Waals surface area contributed by atoms with Crippen molar-refractivity contribution in [2.75, 3.05) is 50.0 Å². The predicted octanol–water partition coefficient (Wildman–Crippen LogP) is 3.43. The lowest BCUT2D eigenvalue weighted by Gasteiger charge is -2.30. The maximum atomic E-state index is 13.5. The molecule has 0 saturated carbocycles. The number of aromatic nitrogens is 1. The highest BCUT2D eigenvalue weighted by Gasteiger charge is 2.32. The van der Waals surface area contributed by atoms with Crippen LogP contribution in [0.3, 0.4) is 0 Å². The molecule has 9 heteroatoms. The molecule has 0 aliphatic carbocycles. The molecule has 3 heterocycles. The Morgan fingerprint density at radius 3 is 2.58 bits per heavy atom. The molecule has 2 amide bonds. The fraction of sp³-hybridized carbons (Fsp3) is 0.375. The van der Waals surface area contributed by atoms with E-state index in [9.17, 15) is 9.59 Å². The smallest absolute Gasteiger partial charge is 0.257 e. The fourth-order valence-electron chi connectivity index (χ4n) is 3.77. The normalized spacial score (nSPS) is 16.4. The first-order chi connectivity index (χ1) is 15.0. The van der Waals surface area contributed by atoms with E-state index in [-0.39, 0.29) is 42.5 Å². The predicted molar refractivity (Wildman–Crippen MR) is 136 cm³/mol. The summed E-state index contributed by atoms with van der Waals surface area (Å²) in [6, 6.07) is 10.6. The van der Waals surface area contributed by atoms with E-state index in [4.69, 9.17) is 0 Å². The fourth-order valence-corrected chi connectivity index (χ4v) is 3.77. The van der Waals surface area contributed by atoms with Crippen LogP contribution in [0, 0.1) is 17.8 Å². The Kier molecular flexibility index (Phi) is 9.69. The summed E-state index contributed by atoms with van der Waals surface area (Å²) in [7, 11) is 2.13. The van der Waals surface area contributed by atoms with Crippen molar-refractivity contribution < 1.29 is 9.59 Å². The molecule has 1 N–H and O–H groups in total. The van der Waals surface area contributed by atoms with Gasteiger partial charge >= 0.3 is 0 Å². The lowest BCUT2D eigenvalue weighted by atomic mass is 10.0. The van der Waals surface area contributed by atoms with Crippen molar-refractivity contribution in [3.8, 4) is 11.8 Å². The van der Waals surface area contributed by atoms with Crippen LogP contribution >= 0.6 is 24.8 Å². The molecule has 0 spiro atoms. The maximum Gasteiger partial charge on any atom is 0.257 e. The number of likely N-dealkylation sites (N-methyl/N-ethyl adjacent to an activating group) is 1. The van der Waals surface area contributed by atoms with E-state index in [0.29, 0.717) is 29.2 Å². The van der Waals surface area contributed by atoms with Crippen molar-refractivity contribution in [3.63, 3.8) is 0 Å². The van der Waals surface area contributed by atoms with Crippen LogP contribution in [0.15, 0.2) is 42.6 Å². The molecule has 33 heavy (non-hydrogen) atoms. The molecule has 176 valence electrons. The van der Waals surface area contributed by atoms with Crippen molar-refractivity contribution in [1.29, 1.82) is 0 Å². The number of hydrogen-bond acceptors (Lipinski definition) is 5. The number of halogens is 2. The summed E-state index contributed by atoms with van der Waals surface area (Å²) in [6.45, 7) is 6.76. The van der Waals surface area contributed by atoms with Gasteiger partial charge in [0.05, 0.1) is 23.5 Å². The zero-order chi connectivity index (χ0) is 21.8. The summed E-state index contributed by atoms with van der Waals surface area (Å²) in [5.41, 5.74) is 1.51. The van der Waals surface area contributed by atoms with Crippen LogP contribution in [0.5, 0.6) is 0 Å². The van der Waals surface area contributed by atoms with Crippen molar-refractivity contribution in [1.82, 2.24) is 14.8 Å². The van der Waals surface area contributed by atoms with Crippen LogP contribution in [-0.4, -0.2) is 66.4 Å². The molecule has 1 aromatic carbocycles. The number of carbonyl (C=O) groups excluding carboxylic acids is 2. The van der Waals surface area contributed by atoms with Crippen LogP contribution < -0.4 is 10.2 Å². The van der Waals surface area contributed by atoms with E-state index in [2.05, 4.69) is 39.0 Å². The molecule has 7 nitrogen and oxygen atoms in total. The van der Waals surface area contributed by atoms with Gasteiger partial charge in [-0.15, -0.1) is 30.7 Å². The molecule has 4 rings (SSSR count). The number of fused-ring (bicyclic) bond motifs is 2. The van der Waals surface area contributed by atoms with Gasteiger partial charge in [-0.3, -0.25) is 19.4 Å². The van der Waals surface area contributed by atoms with E-state index >= 15 is 0 Å². The molecule has 1 aromatic heterocycles. The third-order valence-electron chi connectivity index (χ3n) is 5.71. The SMILES string of the molecule is CC(CC#CCN1CCN(C)CC1)C(=O)N1c2ccccc2C(=O)Nc2cccnc21.Cl.Cl. The molecule has 1 fully saturated rings. The first-order valence-electron chi connectivity index (χ1n) is 10.6. The minimum absolute atomic E-state index is 0. The second-order valence-electron chi connectivity index (χ2n) is 8.06. The third-order valence-corrected chi connectivity index (χ3v) is 5.71. The summed E-state index contributed by atoms with van der Waals surface area (Å²) in [6.07, 6.45) is 2.08. The number of benzene rings is 1. The van der Waals surface area contributed by atoms with Crippen LogP contribution in [0.1, 0.15) is 23.7 Å². The maximum absolute atomic E-state index is 13.5. The number of carbonyl (C=O) groups is 2. The Labute approximate surface area is 207 Å². The van der Waals surface area contributed by atoms with Crippen LogP contribution in [0.2, 0.25) is 0 Å². The monoisotopic (exact) mass is 489 g/mol. The molecule has 1 saturated heterocycles. The van der Waals surface area contributed by atoms with Crippen LogP contribution in [-0.2, 0) is 4.79 Å². The van der Waals surface area contributed by atoms with Gasteiger partial charge in [-0.25, -0.2) is 4.98 Å². The molecule has 2 aromatic rings.